The van der Waals surface area contributed by atoms with Gasteiger partial charge in [0.2, 0.25) is 5.91 Å². The van der Waals surface area contributed by atoms with Crippen LogP contribution in [0.3, 0.4) is 0 Å². The first-order valence-electron chi connectivity index (χ1n) is 6.50. The van der Waals surface area contributed by atoms with E-state index in [2.05, 4.69) is 15.6 Å². The van der Waals surface area contributed by atoms with Crippen LogP contribution in [0.25, 0.3) is 0 Å². The number of fused-ring (bicyclic) bond motifs is 1. The maximum atomic E-state index is 12.0. The Morgan fingerprint density at radius 1 is 1.40 bits per heavy atom. The van der Waals surface area contributed by atoms with Crippen molar-refractivity contribution in [2.75, 3.05) is 12.3 Å². The molecule has 1 saturated heterocycles. The lowest BCUT2D eigenvalue weighted by Crippen LogP contribution is -2.46. The van der Waals surface area contributed by atoms with Crippen LogP contribution in [0.2, 0.25) is 0 Å². The molecule has 8 heteroatoms. The number of anilines is 1. The first-order valence-corrected chi connectivity index (χ1v) is 7.32. The molecule has 2 heterocycles. The van der Waals surface area contributed by atoms with E-state index < -0.39 is 0 Å². The average Bonchev–Trinajstić information content (AvgIpc) is 2.95. The summed E-state index contributed by atoms with van der Waals surface area (Å²) in [5, 5.41) is 7.02. The molecule has 0 spiro atoms. The zero-order chi connectivity index (χ0) is 12.5. The van der Waals surface area contributed by atoms with Gasteiger partial charge in [-0.25, -0.2) is 4.98 Å². The van der Waals surface area contributed by atoms with Crippen LogP contribution >= 0.6 is 36.2 Å². The molecule has 4 N–H and O–H groups in total. The molecule has 1 fully saturated rings. The zero-order valence-corrected chi connectivity index (χ0v) is 13.5. The molecule has 0 unspecified atom stereocenters. The van der Waals surface area contributed by atoms with Crippen molar-refractivity contribution in [2.45, 2.75) is 44.2 Å². The fourth-order valence-electron chi connectivity index (χ4n) is 2.73. The van der Waals surface area contributed by atoms with Gasteiger partial charge in [-0.05, 0) is 32.2 Å². The monoisotopic (exact) mass is 338 g/mol. The lowest BCUT2D eigenvalue weighted by atomic mass is 9.97. The Labute approximate surface area is 134 Å². The molecule has 5 nitrogen and oxygen atoms in total. The molecule has 0 bridgehead atoms. The van der Waals surface area contributed by atoms with Crippen molar-refractivity contribution in [1.29, 1.82) is 0 Å². The van der Waals surface area contributed by atoms with Gasteiger partial charge >= 0.3 is 0 Å². The van der Waals surface area contributed by atoms with Gasteiger partial charge in [0.15, 0.2) is 5.13 Å². The lowest BCUT2D eigenvalue weighted by molar-refractivity contribution is -0.123. The van der Waals surface area contributed by atoms with E-state index in [1.807, 2.05) is 0 Å². The second kappa shape index (κ2) is 7.45. The zero-order valence-electron chi connectivity index (χ0n) is 11.1. The number of carbonyl (C=O) groups excluding carboxylic acids is 1. The van der Waals surface area contributed by atoms with E-state index in [9.17, 15) is 4.79 Å². The van der Waals surface area contributed by atoms with E-state index in [1.165, 1.54) is 4.88 Å². The number of nitrogens with one attached hydrogen (secondary N) is 2. The number of amides is 1. The summed E-state index contributed by atoms with van der Waals surface area (Å²) in [4.78, 5) is 17.6. The number of carbonyl (C=O) groups is 1. The molecule has 0 radical (unpaired) electrons. The highest BCUT2D eigenvalue weighted by Gasteiger charge is 2.27. The molecule has 1 aromatic rings. The number of aryl methyl sites for hydroxylation is 1. The van der Waals surface area contributed by atoms with Gasteiger partial charge in [-0.1, -0.05) is 0 Å². The number of hydrogen-bond acceptors (Lipinski definition) is 5. The van der Waals surface area contributed by atoms with Gasteiger partial charge in [0.05, 0.1) is 11.7 Å². The summed E-state index contributed by atoms with van der Waals surface area (Å²) in [5.41, 5.74) is 6.84. The summed E-state index contributed by atoms with van der Waals surface area (Å²) in [6.45, 7) is 0.957. The van der Waals surface area contributed by atoms with Gasteiger partial charge in [-0.2, -0.15) is 0 Å². The number of nitrogen functional groups attached to an aromatic ring is 1. The van der Waals surface area contributed by atoms with E-state index in [0.29, 0.717) is 5.13 Å². The minimum Gasteiger partial charge on any atom is -0.375 e. The predicted molar refractivity (Wildman–Crippen MR) is 86.0 cm³/mol. The van der Waals surface area contributed by atoms with E-state index in [4.69, 9.17) is 5.73 Å². The molecular formula is C12H20Cl2N4OS. The van der Waals surface area contributed by atoms with Crippen LogP contribution in [0.1, 0.15) is 29.8 Å². The molecule has 114 valence electrons. The largest absolute Gasteiger partial charge is 0.375 e. The Hall–Kier alpha value is -0.560. The molecule has 2 aliphatic rings. The Morgan fingerprint density at radius 2 is 2.20 bits per heavy atom. The number of hydrogen-bond donors (Lipinski definition) is 3. The molecule has 20 heavy (non-hydrogen) atoms. The first kappa shape index (κ1) is 17.5. The highest BCUT2D eigenvalue weighted by atomic mass is 35.5. The first-order chi connectivity index (χ1) is 8.72. The number of thiazole rings is 1. The highest BCUT2D eigenvalue weighted by molar-refractivity contribution is 7.15. The van der Waals surface area contributed by atoms with Crippen LogP contribution < -0.4 is 16.4 Å². The number of aromatic nitrogens is 1. The van der Waals surface area contributed by atoms with Crippen molar-refractivity contribution in [2.24, 2.45) is 0 Å². The maximum absolute atomic E-state index is 12.0. The number of rotatable bonds is 2. The van der Waals surface area contributed by atoms with Gasteiger partial charge in [0.25, 0.3) is 0 Å². The van der Waals surface area contributed by atoms with Gasteiger partial charge in [0.1, 0.15) is 0 Å². The SMILES string of the molecule is Cl.Cl.Nc1nc2c(s1)C[C@@H](NC(=O)[C@@H]1CCCN1)CC2. The third kappa shape index (κ3) is 3.75. The van der Waals surface area contributed by atoms with E-state index in [0.717, 1.165) is 44.3 Å². The van der Waals surface area contributed by atoms with Crippen LogP contribution in [0.15, 0.2) is 0 Å². The molecule has 3 rings (SSSR count). The number of halogens is 2. The minimum atomic E-state index is 0. The molecule has 1 aliphatic heterocycles. The lowest BCUT2D eigenvalue weighted by Gasteiger charge is -2.23. The highest BCUT2D eigenvalue weighted by Crippen LogP contribution is 2.28. The molecular weight excluding hydrogens is 319 g/mol. The normalized spacial score (nSPS) is 24.2. The summed E-state index contributed by atoms with van der Waals surface area (Å²) in [6.07, 6.45) is 4.82. The molecule has 1 aromatic heterocycles. The Kier molecular flexibility index (Phi) is 6.51. The smallest absolute Gasteiger partial charge is 0.237 e. The van der Waals surface area contributed by atoms with Crippen molar-refractivity contribution >= 4 is 47.2 Å². The van der Waals surface area contributed by atoms with Gasteiger partial charge in [0, 0.05) is 17.3 Å². The number of nitrogens with two attached hydrogens (primary N) is 1. The van der Waals surface area contributed by atoms with Gasteiger partial charge in [-0.3, -0.25) is 4.79 Å². The summed E-state index contributed by atoms with van der Waals surface area (Å²) >= 11 is 1.55. The third-order valence-electron chi connectivity index (χ3n) is 3.68. The predicted octanol–water partition coefficient (Wildman–Crippen LogP) is 1.29. The Bertz CT molecular complexity index is 462. The second-order valence-electron chi connectivity index (χ2n) is 5.02. The molecule has 1 amide bonds. The van der Waals surface area contributed by atoms with Crippen LogP contribution in [0, 0.1) is 0 Å². The van der Waals surface area contributed by atoms with E-state index in [1.54, 1.807) is 11.3 Å². The van der Waals surface area contributed by atoms with Gasteiger partial charge < -0.3 is 16.4 Å². The van der Waals surface area contributed by atoms with E-state index in [-0.39, 0.29) is 42.8 Å². The fraction of sp³-hybridized carbons (Fsp3) is 0.667. The van der Waals surface area contributed by atoms with Crippen LogP contribution in [-0.2, 0) is 17.6 Å². The Balaban J connectivity index is 0.000001000. The fourth-order valence-corrected chi connectivity index (χ4v) is 3.69. The quantitative estimate of drug-likeness (QED) is 0.759. The summed E-state index contributed by atoms with van der Waals surface area (Å²) in [5.74, 6) is 0.151. The molecule has 2 atom stereocenters. The maximum Gasteiger partial charge on any atom is 0.237 e. The summed E-state index contributed by atoms with van der Waals surface area (Å²) < 4.78 is 0. The summed E-state index contributed by atoms with van der Waals surface area (Å²) in [7, 11) is 0. The van der Waals surface area contributed by atoms with Crippen molar-refractivity contribution in [3.05, 3.63) is 10.6 Å². The molecule has 0 saturated carbocycles. The molecule has 0 aromatic carbocycles. The van der Waals surface area contributed by atoms with Crippen molar-refractivity contribution < 1.29 is 4.79 Å². The summed E-state index contributed by atoms with van der Waals surface area (Å²) in [6, 6.07) is 0.255. The van der Waals surface area contributed by atoms with Crippen molar-refractivity contribution in [3.8, 4) is 0 Å². The second-order valence-corrected chi connectivity index (χ2v) is 6.13. The van der Waals surface area contributed by atoms with Crippen LogP contribution in [0.4, 0.5) is 5.13 Å². The van der Waals surface area contributed by atoms with Crippen LogP contribution in [0.5, 0.6) is 0 Å². The van der Waals surface area contributed by atoms with Crippen molar-refractivity contribution in [1.82, 2.24) is 15.6 Å². The van der Waals surface area contributed by atoms with Crippen molar-refractivity contribution in [3.63, 3.8) is 0 Å². The molecule has 1 aliphatic carbocycles. The Morgan fingerprint density at radius 3 is 2.90 bits per heavy atom. The third-order valence-corrected chi connectivity index (χ3v) is 4.63. The average molecular weight is 339 g/mol. The van der Waals surface area contributed by atoms with E-state index >= 15 is 0 Å². The number of nitrogens with zero attached hydrogens (tertiary/aromatic N) is 1. The topological polar surface area (TPSA) is 80.0 Å². The standard InChI is InChI=1S/C12H18N4OS.2ClH/c13-12-16-8-4-3-7(6-10(8)18-12)15-11(17)9-2-1-5-14-9;;/h7,9,14H,1-6H2,(H2,13,16)(H,15,17);2*1H/t7-,9-;;/m0../s1. The minimum absolute atomic E-state index is 0. The van der Waals surface area contributed by atoms with Gasteiger partial charge in [-0.15, -0.1) is 36.2 Å². The van der Waals surface area contributed by atoms with Crippen LogP contribution in [-0.4, -0.2) is 29.5 Å².